The van der Waals surface area contributed by atoms with E-state index in [1.54, 1.807) is 7.05 Å². The predicted octanol–water partition coefficient (Wildman–Crippen LogP) is 2.44. The average Bonchev–Trinajstić information content (AvgIpc) is 3.51. The van der Waals surface area contributed by atoms with E-state index >= 15 is 0 Å². The maximum atomic E-state index is 13.0. The molecular weight excluding hydrogens is 452 g/mol. The van der Waals surface area contributed by atoms with E-state index in [4.69, 9.17) is 4.74 Å². The minimum atomic E-state index is -2.00. The minimum absolute atomic E-state index is 0.0581. The van der Waals surface area contributed by atoms with Crippen LogP contribution >= 0.6 is 0 Å². The molecule has 35 heavy (non-hydrogen) atoms. The third kappa shape index (κ3) is 4.01. The molecule has 2 aromatic carbocycles. The molecule has 1 saturated heterocycles. The number of aliphatic hydroxyl groups is 1. The van der Waals surface area contributed by atoms with Gasteiger partial charge in [0.15, 0.2) is 11.3 Å². The normalized spacial score (nSPS) is 18.7. The molecule has 2 heterocycles. The maximum Gasteiger partial charge on any atom is 0.411 e. The number of benzene rings is 2. The Morgan fingerprint density at radius 2 is 1.74 bits per heavy atom. The zero-order valence-electron chi connectivity index (χ0n) is 19.0. The lowest BCUT2D eigenvalue weighted by Gasteiger charge is -2.19. The van der Waals surface area contributed by atoms with Gasteiger partial charge in [-0.3, -0.25) is 14.8 Å². The van der Waals surface area contributed by atoms with Crippen molar-refractivity contribution in [2.24, 2.45) is 7.05 Å². The molecule has 10 heteroatoms. The number of fused-ring (bicyclic) bond motifs is 3. The number of carboxylic acid groups (broad SMARTS) is 1. The highest BCUT2D eigenvalue weighted by Gasteiger charge is 2.45. The second-order valence-corrected chi connectivity index (χ2v) is 8.83. The Morgan fingerprint density at radius 3 is 2.34 bits per heavy atom. The van der Waals surface area contributed by atoms with Crippen molar-refractivity contribution in [1.82, 2.24) is 14.7 Å². The number of amides is 2. The Morgan fingerprint density at radius 1 is 1.11 bits per heavy atom. The van der Waals surface area contributed by atoms with Crippen LogP contribution in [0.1, 0.15) is 34.0 Å². The first kappa shape index (κ1) is 22.6. The number of anilines is 1. The van der Waals surface area contributed by atoms with Gasteiger partial charge in [0, 0.05) is 32.1 Å². The third-order valence-electron chi connectivity index (χ3n) is 6.54. The number of hydrogen-bond donors (Lipinski definition) is 3. The monoisotopic (exact) mass is 476 g/mol. The van der Waals surface area contributed by atoms with Crippen LogP contribution in [-0.4, -0.2) is 68.2 Å². The Bertz CT molecular complexity index is 1290. The first-order valence-electron chi connectivity index (χ1n) is 11.2. The molecule has 1 aliphatic heterocycles. The summed E-state index contributed by atoms with van der Waals surface area (Å²) in [6, 6.07) is 16.0. The molecule has 180 valence electrons. The van der Waals surface area contributed by atoms with E-state index in [9.17, 15) is 24.6 Å². The molecule has 5 rings (SSSR count). The van der Waals surface area contributed by atoms with Crippen molar-refractivity contribution in [2.75, 3.05) is 25.0 Å². The molecule has 2 amide bonds. The summed E-state index contributed by atoms with van der Waals surface area (Å²) in [6.45, 7) is -0.189. The van der Waals surface area contributed by atoms with E-state index in [1.165, 1.54) is 15.8 Å². The first-order chi connectivity index (χ1) is 16.8. The number of nitrogens with zero attached hydrogens (tertiary/aromatic N) is 3. The number of carbonyl (C=O) groups is 3. The van der Waals surface area contributed by atoms with Crippen LogP contribution in [0, 0.1) is 0 Å². The summed E-state index contributed by atoms with van der Waals surface area (Å²) in [6.07, 6.45) is 0.641. The molecule has 1 unspecified atom stereocenters. The van der Waals surface area contributed by atoms with Crippen molar-refractivity contribution in [3.05, 3.63) is 71.5 Å². The molecule has 1 aromatic heterocycles. The van der Waals surface area contributed by atoms with Crippen LogP contribution in [0.4, 0.5) is 10.5 Å². The lowest BCUT2D eigenvalue weighted by Crippen LogP contribution is -2.42. The Hall–Kier alpha value is -4.18. The van der Waals surface area contributed by atoms with Gasteiger partial charge in [-0.2, -0.15) is 5.10 Å². The van der Waals surface area contributed by atoms with Crippen molar-refractivity contribution < 1.29 is 29.3 Å². The fourth-order valence-corrected chi connectivity index (χ4v) is 4.77. The van der Waals surface area contributed by atoms with Gasteiger partial charge in [0.1, 0.15) is 6.61 Å². The smallest absolute Gasteiger partial charge is 0.411 e. The maximum absolute atomic E-state index is 13.0. The average molecular weight is 476 g/mol. The molecular formula is C25H24N4O6. The summed E-state index contributed by atoms with van der Waals surface area (Å²) < 4.78 is 6.91. The van der Waals surface area contributed by atoms with Crippen LogP contribution < -0.4 is 5.32 Å². The molecule has 3 aromatic rings. The van der Waals surface area contributed by atoms with Gasteiger partial charge in [-0.1, -0.05) is 48.5 Å². The van der Waals surface area contributed by atoms with E-state index in [0.29, 0.717) is 0 Å². The topological polar surface area (TPSA) is 134 Å². The standard InChI is InChI=1S/C25H24N4O6/c1-28-12-20(21(27-28)22(30)29-11-10-25(34,14-29)23(31)32)26-24(33)35-13-19-17-8-4-2-6-15(17)16-7-3-5-9-18(16)19/h2-9,12,19,34H,10-11,13-14H2,1H3,(H,26,33)(H,31,32). The van der Waals surface area contributed by atoms with Crippen LogP contribution in [0.15, 0.2) is 54.7 Å². The largest absolute Gasteiger partial charge is 0.479 e. The van der Waals surface area contributed by atoms with Crippen molar-refractivity contribution in [3.63, 3.8) is 0 Å². The number of aromatic nitrogens is 2. The van der Waals surface area contributed by atoms with E-state index in [2.05, 4.69) is 10.4 Å². The molecule has 2 aliphatic rings. The summed E-state index contributed by atoms with van der Waals surface area (Å²) >= 11 is 0. The lowest BCUT2D eigenvalue weighted by atomic mass is 9.98. The number of rotatable bonds is 5. The third-order valence-corrected chi connectivity index (χ3v) is 6.54. The highest BCUT2D eigenvalue weighted by molar-refractivity contribution is 6.01. The number of ether oxygens (including phenoxy) is 1. The number of carbonyl (C=O) groups excluding carboxylic acids is 2. The zero-order valence-corrected chi connectivity index (χ0v) is 19.0. The van der Waals surface area contributed by atoms with Gasteiger partial charge < -0.3 is 19.8 Å². The van der Waals surface area contributed by atoms with Crippen molar-refractivity contribution in [3.8, 4) is 11.1 Å². The number of aliphatic carboxylic acids is 1. The Kier molecular flexibility index (Phi) is 5.52. The van der Waals surface area contributed by atoms with Crippen LogP contribution in [0.25, 0.3) is 11.1 Å². The van der Waals surface area contributed by atoms with E-state index in [0.717, 1.165) is 22.3 Å². The molecule has 0 bridgehead atoms. The first-order valence-corrected chi connectivity index (χ1v) is 11.2. The highest BCUT2D eigenvalue weighted by Crippen LogP contribution is 2.44. The zero-order chi connectivity index (χ0) is 24.7. The molecule has 0 spiro atoms. The number of likely N-dealkylation sites (tertiary alicyclic amines) is 1. The van der Waals surface area contributed by atoms with Gasteiger partial charge in [-0.25, -0.2) is 9.59 Å². The van der Waals surface area contributed by atoms with Crippen LogP contribution in [0.2, 0.25) is 0 Å². The quantitative estimate of drug-likeness (QED) is 0.515. The SMILES string of the molecule is Cn1cc(NC(=O)OCC2c3ccccc3-c3ccccc32)c(C(=O)N2CCC(O)(C(=O)O)C2)n1. The fourth-order valence-electron chi connectivity index (χ4n) is 4.77. The second-order valence-electron chi connectivity index (χ2n) is 8.83. The van der Waals surface area contributed by atoms with Crippen LogP contribution in [-0.2, 0) is 16.6 Å². The Labute approximate surface area is 200 Å². The number of carboxylic acids is 1. The summed E-state index contributed by atoms with van der Waals surface area (Å²) in [5.74, 6) is -2.08. The molecule has 1 fully saturated rings. The molecule has 3 N–H and O–H groups in total. The predicted molar refractivity (Wildman–Crippen MR) is 125 cm³/mol. The van der Waals surface area contributed by atoms with Gasteiger partial charge >= 0.3 is 12.1 Å². The van der Waals surface area contributed by atoms with Gasteiger partial charge in [0.2, 0.25) is 0 Å². The number of nitrogens with one attached hydrogen (secondary N) is 1. The summed E-state index contributed by atoms with van der Waals surface area (Å²) in [5, 5.41) is 26.1. The summed E-state index contributed by atoms with van der Waals surface area (Å²) in [5.41, 5.74) is 2.48. The summed E-state index contributed by atoms with van der Waals surface area (Å²) in [4.78, 5) is 38.2. The molecule has 1 atom stereocenters. The highest BCUT2D eigenvalue weighted by atomic mass is 16.5. The number of β-amino-alcohol motifs (C(OH)–C–C–N with tert-alkyl or cyclic N) is 1. The second kappa shape index (κ2) is 8.55. The van der Waals surface area contributed by atoms with Crippen molar-refractivity contribution in [1.29, 1.82) is 0 Å². The van der Waals surface area contributed by atoms with Crippen molar-refractivity contribution >= 4 is 23.7 Å². The van der Waals surface area contributed by atoms with Crippen LogP contribution in [0.5, 0.6) is 0 Å². The molecule has 0 radical (unpaired) electrons. The van der Waals surface area contributed by atoms with E-state index < -0.39 is 23.6 Å². The van der Waals surface area contributed by atoms with Gasteiger partial charge in [-0.15, -0.1) is 0 Å². The fraction of sp³-hybridized carbons (Fsp3) is 0.280. The van der Waals surface area contributed by atoms with Gasteiger partial charge in [0.25, 0.3) is 5.91 Å². The lowest BCUT2D eigenvalue weighted by molar-refractivity contribution is -0.156. The van der Waals surface area contributed by atoms with Gasteiger partial charge in [-0.05, 0) is 22.3 Å². The molecule has 0 saturated carbocycles. The molecule has 10 nitrogen and oxygen atoms in total. The van der Waals surface area contributed by atoms with E-state index in [1.807, 2.05) is 48.5 Å². The van der Waals surface area contributed by atoms with Gasteiger partial charge in [0.05, 0.1) is 12.2 Å². The number of hydrogen-bond acceptors (Lipinski definition) is 6. The van der Waals surface area contributed by atoms with Crippen LogP contribution in [0.3, 0.4) is 0 Å². The minimum Gasteiger partial charge on any atom is -0.479 e. The molecule has 1 aliphatic carbocycles. The van der Waals surface area contributed by atoms with E-state index in [-0.39, 0.29) is 43.4 Å². The number of aryl methyl sites for hydroxylation is 1. The van der Waals surface area contributed by atoms with Crippen molar-refractivity contribution in [2.45, 2.75) is 17.9 Å². The Balaban J connectivity index is 1.28. The summed E-state index contributed by atoms with van der Waals surface area (Å²) in [7, 11) is 1.59.